The Hall–Kier alpha value is -2.15. The van der Waals surface area contributed by atoms with Crippen molar-refractivity contribution in [3.05, 3.63) is 33.9 Å². The van der Waals surface area contributed by atoms with E-state index in [9.17, 15) is 14.9 Å². The van der Waals surface area contributed by atoms with Crippen LogP contribution in [0, 0.1) is 10.1 Å². The van der Waals surface area contributed by atoms with E-state index in [2.05, 4.69) is 10.6 Å². The Bertz CT molecular complexity index is 526. The van der Waals surface area contributed by atoms with E-state index in [-0.39, 0.29) is 23.4 Å². The van der Waals surface area contributed by atoms with E-state index in [1.807, 2.05) is 0 Å². The van der Waals surface area contributed by atoms with Crippen LogP contribution in [0.25, 0.3) is 0 Å². The topological polar surface area (TPSA) is 93.5 Å². The van der Waals surface area contributed by atoms with Crippen LogP contribution in [0.2, 0.25) is 0 Å². The Labute approximate surface area is 116 Å². The summed E-state index contributed by atoms with van der Waals surface area (Å²) in [5.74, 6) is -0.423. The minimum atomic E-state index is -0.549. The lowest BCUT2D eigenvalue weighted by Gasteiger charge is -2.34. The number of hydrogen-bond donors (Lipinski definition) is 2. The van der Waals surface area contributed by atoms with Gasteiger partial charge in [0.05, 0.1) is 11.0 Å². The number of nitrogens with zero attached hydrogens (tertiary/aromatic N) is 1. The van der Waals surface area contributed by atoms with Crippen LogP contribution in [-0.4, -0.2) is 37.1 Å². The first-order valence-electron chi connectivity index (χ1n) is 6.35. The van der Waals surface area contributed by atoms with Crippen LogP contribution in [-0.2, 0) is 4.74 Å². The molecule has 7 heteroatoms. The summed E-state index contributed by atoms with van der Waals surface area (Å²) in [6.45, 7) is 0. The molecule has 0 radical (unpaired) electrons. The molecular formula is C13H17N3O4. The first-order chi connectivity index (χ1) is 9.55. The van der Waals surface area contributed by atoms with Gasteiger partial charge < -0.3 is 15.4 Å². The van der Waals surface area contributed by atoms with Crippen molar-refractivity contribution in [3.8, 4) is 0 Å². The summed E-state index contributed by atoms with van der Waals surface area (Å²) in [4.78, 5) is 22.6. The molecule has 2 N–H and O–H groups in total. The molecule has 108 valence electrons. The van der Waals surface area contributed by atoms with Gasteiger partial charge in [-0.25, -0.2) is 0 Å². The van der Waals surface area contributed by atoms with Gasteiger partial charge in [-0.1, -0.05) is 0 Å². The monoisotopic (exact) mass is 279 g/mol. The average Bonchev–Trinajstić information content (AvgIpc) is 2.41. The number of nitro groups is 1. The third-order valence-corrected chi connectivity index (χ3v) is 3.49. The molecule has 1 saturated carbocycles. The Balaban J connectivity index is 2.13. The summed E-state index contributed by atoms with van der Waals surface area (Å²) >= 11 is 0. The van der Waals surface area contributed by atoms with Gasteiger partial charge in [0.1, 0.15) is 5.56 Å². The first-order valence-corrected chi connectivity index (χ1v) is 6.35. The molecule has 0 aliphatic heterocycles. The second kappa shape index (κ2) is 5.87. The molecule has 1 fully saturated rings. The van der Waals surface area contributed by atoms with Crippen LogP contribution >= 0.6 is 0 Å². The lowest BCUT2D eigenvalue weighted by molar-refractivity contribution is -0.385. The maximum atomic E-state index is 12.2. The standard InChI is InChI=1S/C13H17N3O4/c1-14-8-3-4-12(16(18)19)11(7-8)13(17)15-9-5-10(6-9)20-2/h3-4,7,9-10,14H,5-6H2,1-2H3,(H,15,17). The number of ether oxygens (including phenoxy) is 1. The lowest BCUT2D eigenvalue weighted by atomic mass is 9.89. The van der Waals surface area contributed by atoms with Crippen LogP contribution in [0.5, 0.6) is 0 Å². The highest BCUT2D eigenvalue weighted by Gasteiger charge is 2.31. The highest BCUT2D eigenvalue weighted by Crippen LogP contribution is 2.26. The molecule has 0 spiro atoms. The molecule has 20 heavy (non-hydrogen) atoms. The van der Waals surface area contributed by atoms with Crippen molar-refractivity contribution in [1.82, 2.24) is 5.32 Å². The van der Waals surface area contributed by atoms with Crippen molar-refractivity contribution >= 4 is 17.3 Å². The number of carbonyl (C=O) groups is 1. The van der Waals surface area contributed by atoms with Gasteiger partial charge in [0.25, 0.3) is 11.6 Å². The number of hydrogen-bond acceptors (Lipinski definition) is 5. The Morgan fingerprint density at radius 1 is 1.45 bits per heavy atom. The maximum Gasteiger partial charge on any atom is 0.282 e. The number of rotatable bonds is 5. The van der Waals surface area contributed by atoms with Gasteiger partial charge in [0.15, 0.2) is 0 Å². The predicted octanol–water partition coefficient (Wildman–Crippen LogP) is 1.54. The molecule has 1 aliphatic rings. The fourth-order valence-corrected chi connectivity index (χ4v) is 2.17. The largest absolute Gasteiger partial charge is 0.388 e. The third-order valence-electron chi connectivity index (χ3n) is 3.49. The highest BCUT2D eigenvalue weighted by atomic mass is 16.6. The van der Waals surface area contributed by atoms with Crippen molar-refractivity contribution in [2.45, 2.75) is 25.0 Å². The summed E-state index contributed by atoms with van der Waals surface area (Å²) in [6.07, 6.45) is 1.64. The molecule has 1 aromatic carbocycles. The van der Waals surface area contributed by atoms with Gasteiger partial charge >= 0.3 is 0 Å². The fourth-order valence-electron chi connectivity index (χ4n) is 2.17. The smallest absolute Gasteiger partial charge is 0.282 e. The van der Waals surface area contributed by atoms with Gasteiger partial charge in [-0.2, -0.15) is 0 Å². The van der Waals surface area contributed by atoms with Crippen LogP contribution in [0.1, 0.15) is 23.2 Å². The summed E-state index contributed by atoms with van der Waals surface area (Å²) in [5.41, 5.74) is 0.538. The average molecular weight is 279 g/mol. The number of benzene rings is 1. The number of nitrogens with one attached hydrogen (secondary N) is 2. The molecule has 0 heterocycles. The van der Waals surface area contributed by atoms with Gasteiger partial charge in [0.2, 0.25) is 0 Å². The SMILES string of the molecule is CNc1ccc([N+](=O)[O-])c(C(=O)NC2CC(OC)C2)c1. The maximum absolute atomic E-state index is 12.2. The molecular weight excluding hydrogens is 262 g/mol. The number of amides is 1. The van der Waals surface area contributed by atoms with Crippen molar-refractivity contribution in [3.63, 3.8) is 0 Å². The molecule has 0 unspecified atom stereocenters. The molecule has 0 atom stereocenters. The predicted molar refractivity (Wildman–Crippen MR) is 73.9 cm³/mol. The number of anilines is 1. The summed E-state index contributed by atoms with van der Waals surface area (Å²) in [7, 11) is 3.32. The fraction of sp³-hybridized carbons (Fsp3) is 0.462. The van der Waals surface area contributed by atoms with Crippen molar-refractivity contribution in [1.29, 1.82) is 0 Å². The Kier molecular flexibility index (Phi) is 4.19. The molecule has 0 aromatic heterocycles. The van der Waals surface area contributed by atoms with Crippen molar-refractivity contribution in [2.24, 2.45) is 0 Å². The van der Waals surface area contributed by atoms with E-state index in [1.165, 1.54) is 12.1 Å². The molecule has 1 aromatic rings. The van der Waals surface area contributed by atoms with E-state index in [4.69, 9.17) is 4.74 Å². The Morgan fingerprint density at radius 2 is 2.15 bits per heavy atom. The van der Waals surface area contributed by atoms with Crippen molar-refractivity contribution in [2.75, 3.05) is 19.5 Å². The van der Waals surface area contributed by atoms with E-state index in [0.29, 0.717) is 5.69 Å². The zero-order chi connectivity index (χ0) is 14.7. The van der Waals surface area contributed by atoms with Crippen LogP contribution in [0.3, 0.4) is 0 Å². The van der Waals surface area contributed by atoms with E-state index < -0.39 is 10.8 Å². The Morgan fingerprint density at radius 3 is 2.70 bits per heavy atom. The minimum Gasteiger partial charge on any atom is -0.388 e. The summed E-state index contributed by atoms with van der Waals surface area (Å²) in [6, 6.07) is 4.41. The minimum absolute atomic E-state index is 0.0188. The van der Waals surface area contributed by atoms with E-state index in [1.54, 1.807) is 20.2 Å². The molecule has 1 aliphatic carbocycles. The molecule has 0 bridgehead atoms. The van der Waals surface area contributed by atoms with Crippen LogP contribution in [0.4, 0.5) is 11.4 Å². The van der Waals surface area contributed by atoms with Gasteiger partial charge in [0, 0.05) is 32.0 Å². The van der Waals surface area contributed by atoms with Crippen LogP contribution < -0.4 is 10.6 Å². The zero-order valence-electron chi connectivity index (χ0n) is 11.4. The number of carbonyl (C=O) groups excluding carboxylic acids is 1. The molecule has 2 rings (SSSR count). The molecule has 0 saturated heterocycles. The lowest BCUT2D eigenvalue weighted by Crippen LogP contribution is -2.47. The second-order valence-electron chi connectivity index (χ2n) is 4.74. The van der Waals surface area contributed by atoms with Gasteiger partial charge in [-0.3, -0.25) is 14.9 Å². The second-order valence-corrected chi connectivity index (χ2v) is 4.74. The third kappa shape index (κ3) is 2.88. The van der Waals surface area contributed by atoms with Crippen LogP contribution in [0.15, 0.2) is 18.2 Å². The zero-order valence-corrected chi connectivity index (χ0v) is 11.4. The number of methoxy groups -OCH3 is 1. The van der Waals surface area contributed by atoms with Crippen molar-refractivity contribution < 1.29 is 14.5 Å². The molecule has 7 nitrogen and oxygen atoms in total. The van der Waals surface area contributed by atoms with Gasteiger partial charge in [-0.15, -0.1) is 0 Å². The highest BCUT2D eigenvalue weighted by molar-refractivity contribution is 5.99. The normalized spacial score (nSPS) is 20.9. The van der Waals surface area contributed by atoms with E-state index >= 15 is 0 Å². The quantitative estimate of drug-likeness (QED) is 0.630. The number of nitro benzene ring substituents is 1. The van der Waals surface area contributed by atoms with Gasteiger partial charge in [-0.05, 0) is 25.0 Å². The summed E-state index contributed by atoms with van der Waals surface area (Å²) in [5, 5.41) is 16.6. The first kappa shape index (κ1) is 14.3. The summed E-state index contributed by atoms with van der Waals surface area (Å²) < 4.78 is 5.13. The van der Waals surface area contributed by atoms with E-state index in [0.717, 1.165) is 12.8 Å². The molecule has 1 amide bonds.